The Morgan fingerprint density at radius 3 is 2.61 bits per heavy atom. The molecule has 4 nitrogen and oxygen atoms in total. The Labute approximate surface area is 109 Å². The van der Waals surface area contributed by atoms with Crippen LogP contribution in [0.4, 0.5) is 5.69 Å². The van der Waals surface area contributed by atoms with Gasteiger partial charge in [0.15, 0.2) is 0 Å². The van der Waals surface area contributed by atoms with Crippen LogP contribution in [0.2, 0.25) is 0 Å². The number of nitrogens with two attached hydrogens (primary N) is 1. The summed E-state index contributed by atoms with van der Waals surface area (Å²) in [7, 11) is 0. The molecule has 1 rings (SSSR count). The summed E-state index contributed by atoms with van der Waals surface area (Å²) in [5.74, 6) is -0.00514. The molecule has 1 aromatic rings. The van der Waals surface area contributed by atoms with Gasteiger partial charge in [-0.1, -0.05) is 18.2 Å². The maximum Gasteiger partial charge on any atom is 0.248 e. The number of carbonyl (C=O) groups is 1. The molecule has 1 aromatic carbocycles. The minimum Gasteiger partial charge on any atom is -0.398 e. The molecular weight excluding hydrogens is 228 g/mol. The number of amides is 1. The van der Waals surface area contributed by atoms with E-state index in [9.17, 15) is 4.79 Å². The highest BCUT2D eigenvalue weighted by molar-refractivity contribution is 5.77. The Morgan fingerprint density at radius 2 is 2.06 bits per heavy atom. The third kappa shape index (κ3) is 4.37. The molecule has 1 amide bonds. The van der Waals surface area contributed by atoms with Crippen LogP contribution in [0.3, 0.4) is 0 Å². The fourth-order valence-electron chi connectivity index (χ4n) is 1.59. The maximum absolute atomic E-state index is 12.0. The number of anilines is 1. The van der Waals surface area contributed by atoms with Crippen molar-refractivity contribution in [3.8, 4) is 0 Å². The number of hydrogen-bond donors (Lipinski definition) is 1. The van der Waals surface area contributed by atoms with Crippen LogP contribution >= 0.6 is 0 Å². The van der Waals surface area contributed by atoms with Crippen molar-refractivity contribution >= 4 is 11.6 Å². The number of rotatable bonds is 6. The molecule has 0 aromatic heterocycles. The second-order valence-corrected chi connectivity index (χ2v) is 4.47. The third-order valence-corrected chi connectivity index (χ3v) is 2.69. The first-order valence-corrected chi connectivity index (χ1v) is 6.27. The molecule has 0 aliphatic rings. The molecule has 18 heavy (non-hydrogen) atoms. The molecule has 0 unspecified atom stereocenters. The highest BCUT2D eigenvalue weighted by atomic mass is 16.5. The van der Waals surface area contributed by atoms with Gasteiger partial charge in [0.1, 0.15) is 6.61 Å². The molecule has 0 heterocycles. The standard InChI is InChI=1S/C14H22N2O2/c1-4-16(14(17)10-18-11(2)3)9-12-7-5-6-8-13(12)15/h5-8,11H,4,9-10,15H2,1-3H3. The Hall–Kier alpha value is -1.55. The number of para-hydroxylation sites is 1. The fraction of sp³-hybridized carbons (Fsp3) is 0.500. The van der Waals surface area contributed by atoms with E-state index in [1.165, 1.54) is 0 Å². The van der Waals surface area contributed by atoms with E-state index in [0.29, 0.717) is 18.8 Å². The molecule has 0 atom stereocenters. The number of ether oxygens (including phenoxy) is 1. The van der Waals surface area contributed by atoms with Crippen LogP contribution in [0.5, 0.6) is 0 Å². The second kappa shape index (κ2) is 7.01. The largest absolute Gasteiger partial charge is 0.398 e. The quantitative estimate of drug-likeness (QED) is 0.786. The van der Waals surface area contributed by atoms with E-state index in [1.807, 2.05) is 45.0 Å². The zero-order valence-corrected chi connectivity index (χ0v) is 11.3. The molecule has 0 saturated carbocycles. The van der Waals surface area contributed by atoms with Crippen molar-refractivity contribution in [2.45, 2.75) is 33.4 Å². The number of carbonyl (C=O) groups excluding carboxylic acids is 1. The van der Waals surface area contributed by atoms with Gasteiger partial charge in [-0.2, -0.15) is 0 Å². The Morgan fingerprint density at radius 1 is 1.39 bits per heavy atom. The van der Waals surface area contributed by atoms with E-state index in [1.54, 1.807) is 4.90 Å². The lowest BCUT2D eigenvalue weighted by molar-refractivity contribution is -0.138. The van der Waals surface area contributed by atoms with E-state index in [0.717, 1.165) is 5.56 Å². The molecule has 2 N–H and O–H groups in total. The molecule has 4 heteroatoms. The van der Waals surface area contributed by atoms with Crippen molar-refractivity contribution < 1.29 is 9.53 Å². The topological polar surface area (TPSA) is 55.6 Å². The van der Waals surface area contributed by atoms with Crippen LogP contribution in [-0.2, 0) is 16.1 Å². The summed E-state index contributed by atoms with van der Waals surface area (Å²) >= 11 is 0. The van der Waals surface area contributed by atoms with Gasteiger partial charge in [0, 0.05) is 18.8 Å². The Bertz CT molecular complexity index is 391. The number of benzene rings is 1. The summed E-state index contributed by atoms with van der Waals surface area (Å²) in [6.45, 7) is 7.08. The van der Waals surface area contributed by atoms with Gasteiger partial charge in [-0.25, -0.2) is 0 Å². The lowest BCUT2D eigenvalue weighted by atomic mass is 10.1. The van der Waals surface area contributed by atoms with Crippen molar-refractivity contribution in [3.63, 3.8) is 0 Å². The second-order valence-electron chi connectivity index (χ2n) is 4.47. The van der Waals surface area contributed by atoms with Crippen LogP contribution in [0.15, 0.2) is 24.3 Å². The molecule has 0 aliphatic heterocycles. The molecule has 0 aliphatic carbocycles. The molecule has 0 fully saturated rings. The molecule has 0 saturated heterocycles. The van der Waals surface area contributed by atoms with Gasteiger partial charge in [-0.3, -0.25) is 4.79 Å². The van der Waals surface area contributed by atoms with Crippen molar-refractivity contribution in [3.05, 3.63) is 29.8 Å². The lowest BCUT2D eigenvalue weighted by Crippen LogP contribution is -2.34. The van der Waals surface area contributed by atoms with Gasteiger partial charge >= 0.3 is 0 Å². The molecule has 0 radical (unpaired) electrons. The van der Waals surface area contributed by atoms with Crippen molar-refractivity contribution in [1.82, 2.24) is 4.90 Å². The highest BCUT2D eigenvalue weighted by Gasteiger charge is 2.13. The van der Waals surface area contributed by atoms with Gasteiger partial charge in [-0.15, -0.1) is 0 Å². The monoisotopic (exact) mass is 250 g/mol. The van der Waals surface area contributed by atoms with Crippen molar-refractivity contribution in [2.24, 2.45) is 0 Å². The minimum atomic E-state index is -0.00514. The zero-order chi connectivity index (χ0) is 13.5. The molecule has 0 spiro atoms. The van der Waals surface area contributed by atoms with Gasteiger partial charge in [0.25, 0.3) is 0 Å². The number of nitrogen functional groups attached to an aromatic ring is 1. The van der Waals surface area contributed by atoms with Crippen LogP contribution in [0.1, 0.15) is 26.3 Å². The average Bonchev–Trinajstić information content (AvgIpc) is 2.35. The predicted molar refractivity (Wildman–Crippen MR) is 73.0 cm³/mol. The van der Waals surface area contributed by atoms with E-state index < -0.39 is 0 Å². The predicted octanol–water partition coefficient (Wildman–Crippen LogP) is 2.04. The molecular formula is C14H22N2O2. The number of hydrogen-bond acceptors (Lipinski definition) is 3. The van der Waals surface area contributed by atoms with Crippen LogP contribution in [0, 0.1) is 0 Å². The number of likely N-dealkylation sites (N-methyl/N-ethyl adjacent to an activating group) is 1. The average molecular weight is 250 g/mol. The van der Waals surface area contributed by atoms with Gasteiger partial charge in [0.2, 0.25) is 5.91 Å². The maximum atomic E-state index is 12.0. The van der Waals surface area contributed by atoms with E-state index in [2.05, 4.69) is 0 Å². The zero-order valence-electron chi connectivity index (χ0n) is 11.3. The Kier molecular flexibility index (Phi) is 5.65. The molecule has 0 bridgehead atoms. The SMILES string of the molecule is CCN(Cc1ccccc1N)C(=O)COC(C)C. The fourth-order valence-corrected chi connectivity index (χ4v) is 1.59. The van der Waals surface area contributed by atoms with Crippen LogP contribution in [-0.4, -0.2) is 30.1 Å². The smallest absolute Gasteiger partial charge is 0.248 e. The van der Waals surface area contributed by atoms with Gasteiger partial charge in [-0.05, 0) is 32.4 Å². The first-order valence-electron chi connectivity index (χ1n) is 6.27. The van der Waals surface area contributed by atoms with Gasteiger partial charge < -0.3 is 15.4 Å². The normalized spacial score (nSPS) is 10.7. The summed E-state index contributed by atoms with van der Waals surface area (Å²) in [6, 6.07) is 7.60. The highest BCUT2D eigenvalue weighted by Crippen LogP contribution is 2.13. The lowest BCUT2D eigenvalue weighted by Gasteiger charge is -2.22. The third-order valence-electron chi connectivity index (χ3n) is 2.69. The summed E-state index contributed by atoms with van der Waals surface area (Å²) in [5.41, 5.74) is 7.56. The number of nitrogens with zero attached hydrogens (tertiary/aromatic N) is 1. The van der Waals surface area contributed by atoms with E-state index >= 15 is 0 Å². The Balaban J connectivity index is 2.62. The first-order chi connectivity index (χ1) is 8.54. The van der Waals surface area contributed by atoms with Gasteiger partial charge in [0.05, 0.1) is 6.10 Å². The van der Waals surface area contributed by atoms with Crippen molar-refractivity contribution in [2.75, 3.05) is 18.9 Å². The van der Waals surface area contributed by atoms with E-state index in [-0.39, 0.29) is 18.6 Å². The van der Waals surface area contributed by atoms with Crippen molar-refractivity contribution in [1.29, 1.82) is 0 Å². The van der Waals surface area contributed by atoms with E-state index in [4.69, 9.17) is 10.5 Å². The van der Waals surface area contributed by atoms with Crippen LogP contribution < -0.4 is 5.73 Å². The van der Waals surface area contributed by atoms with Crippen LogP contribution in [0.25, 0.3) is 0 Å². The summed E-state index contributed by atoms with van der Waals surface area (Å²) in [4.78, 5) is 13.7. The minimum absolute atomic E-state index is 0.00514. The molecule has 100 valence electrons. The summed E-state index contributed by atoms with van der Waals surface area (Å²) in [6.07, 6.45) is 0.0643. The first kappa shape index (κ1) is 14.5. The summed E-state index contributed by atoms with van der Waals surface area (Å²) in [5, 5.41) is 0. The summed E-state index contributed by atoms with van der Waals surface area (Å²) < 4.78 is 5.33.